The van der Waals surface area contributed by atoms with Gasteiger partial charge in [0.15, 0.2) is 11.5 Å². The Kier molecular flexibility index (Phi) is 6.61. The summed E-state index contributed by atoms with van der Waals surface area (Å²) in [7, 11) is 1.51. The normalized spacial score (nSPS) is 13.4. The SMILES string of the molecule is C=CCOc1ccc(C(=O)Nc2ccc(N3CCNC(=O)C3)c(Cl)c2)cc1OC. The van der Waals surface area contributed by atoms with E-state index in [-0.39, 0.29) is 18.4 Å². The molecular weight excluding hydrogens is 394 g/mol. The van der Waals surface area contributed by atoms with Crippen molar-refractivity contribution < 1.29 is 19.1 Å². The lowest BCUT2D eigenvalue weighted by molar-refractivity contribution is -0.120. The summed E-state index contributed by atoms with van der Waals surface area (Å²) in [6.45, 7) is 5.45. The Hall–Kier alpha value is -3.19. The monoisotopic (exact) mass is 415 g/mol. The molecule has 1 heterocycles. The summed E-state index contributed by atoms with van der Waals surface area (Å²) in [4.78, 5) is 26.1. The highest BCUT2D eigenvalue weighted by atomic mass is 35.5. The number of piperazine rings is 1. The van der Waals surface area contributed by atoms with E-state index in [0.717, 1.165) is 5.69 Å². The summed E-state index contributed by atoms with van der Waals surface area (Å²) in [5.74, 6) is 0.636. The molecule has 29 heavy (non-hydrogen) atoms. The Morgan fingerprint density at radius 2 is 2.14 bits per heavy atom. The molecular formula is C21H22ClN3O4. The van der Waals surface area contributed by atoms with Crippen LogP contribution in [0.15, 0.2) is 49.1 Å². The third kappa shape index (κ3) is 5.00. The van der Waals surface area contributed by atoms with Gasteiger partial charge in [0.05, 0.1) is 24.4 Å². The van der Waals surface area contributed by atoms with Crippen LogP contribution in [0.1, 0.15) is 10.4 Å². The third-order valence-corrected chi connectivity index (χ3v) is 4.67. The molecule has 2 amide bonds. The largest absolute Gasteiger partial charge is 0.493 e. The molecule has 1 fully saturated rings. The summed E-state index contributed by atoms with van der Waals surface area (Å²) in [6, 6.07) is 10.2. The molecule has 0 saturated carbocycles. The standard InChI is InChI=1S/C21H22ClN3O4/c1-3-10-29-18-7-4-14(11-19(18)28-2)21(27)24-15-5-6-17(16(22)12-15)25-9-8-23-20(26)13-25/h3-7,11-12H,1,8-10,13H2,2H3,(H,23,26)(H,24,27). The molecule has 0 aliphatic carbocycles. The summed E-state index contributed by atoms with van der Waals surface area (Å²) >= 11 is 6.39. The Bertz CT molecular complexity index is 932. The smallest absolute Gasteiger partial charge is 0.255 e. The van der Waals surface area contributed by atoms with Crippen LogP contribution in [-0.2, 0) is 4.79 Å². The number of rotatable bonds is 7. The van der Waals surface area contributed by atoms with Crippen LogP contribution in [-0.4, -0.2) is 45.2 Å². The molecule has 1 saturated heterocycles. The second-order valence-corrected chi connectivity index (χ2v) is 6.76. The number of anilines is 2. The molecule has 8 heteroatoms. The number of nitrogens with zero attached hydrogens (tertiary/aromatic N) is 1. The molecule has 0 bridgehead atoms. The van der Waals surface area contributed by atoms with E-state index in [4.69, 9.17) is 21.1 Å². The van der Waals surface area contributed by atoms with Crippen molar-refractivity contribution >= 4 is 34.8 Å². The Labute approximate surface area is 174 Å². The summed E-state index contributed by atoms with van der Waals surface area (Å²) in [5.41, 5.74) is 1.72. The van der Waals surface area contributed by atoms with Crippen LogP contribution in [0, 0.1) is 0 Å². The van der Waals surface area contributed by atoms with Gasteiger partial charge in [0.25, 0.3) is 5.91 Å². The number of ether oxygens (including phenoxy) is 2. The highest BCUT2D eigenvalue weighted by molar-refractivity contribution is 6.33. The van der Waals surface area contributed by atoms with Gasteiger partial charge in [-0.25, -0.2) is 0 Å². The second-order valence-electron chi connectivity index (χ2n) is 6.36. The van der Waals surface area contributed by atoms with Crippen LogP contribution >= 0.6 is 11.6 Å². The van der Waals surface area contributed by atoms with Crippen LogP contribution in [0.3, 0.4) is 0 Å². The minimum absolute atomic E-state index is 0.0424. The van der Waals surface area contributed by atoms with Crippen LogP contribution in [0.4, 0.5) is 11.4 Å². The number of halogens is 1. The van der Waals surface area contributed by atoms with Gasteiger partial charge in [-0.2, -0.15) is 0 Å². The molecule has 0 atom stereocenters. The minimum Gasteiger partial charge on any atom is -0.493 e. The topological polar surface area (TPSA) is 79.9 Å². The zero-order chi connectivity index (χ0) is 20.8. The number of nitrogens with one attached hydrogen (secondary N) is 2. The van der Waals surface area contributed by atoms with Crippen molar-refractivity contribution in [3.63, 3.8) is 0 Å². The molecule has 3 rings (SSSR count). The van der Waals surface area contributed by atoms with Gasteiger partial charge in [-0.3, -0.25) is 9.59 Å². The predicted octanol–water partition coefficient (Wildman–Crippen LogP) is 3.10. The lowest BCUT2D eigenvalue weighted by Crippen LogP contribution is -2.47. The summed E-state index contributed by atoms with van der Waals surface area (Å²) in [5, 5.41) is 6.06. The van der Waals surface area contributed by atoms with Crippen molar-refractivity contribution in [3.8, 4) is 11.5 Å². The Morgan fingerprint density at radius 3 is 2.83 bits per heavy atom. The molecule has 0 aromatic heterocycles. The molecule has 2 aromatic carbocycles. The molecule has 0 spiro atoms. The van der Waals surface area contributed by atoms with E-state index in [1.54, 1.807) is 42.5 Å². The molecule has 0 unspecified atom stereocenters. The quantitative estimate of drug-likeness (QED) is 0.679. The fraction of sp³-hybridized carbons (Fsp3) is 0.238. The van der Waals surface area contributed by atoms with Crippen molar-refractivity contribution in [1.82, 2.24) is 5.32 Å². The van der Waals surface area contributed by atoms with Gasteiger partial charge in [-0.1, -0.05) is 24.3 Å². The van der Waals surface area contributed by atoms with Crippen molar-refractivity contribution in [2.45, 2.75) is 0 Å². The predicted molar refractivity (Wildman–Crippen MR) is 113 cm³/mol. The van der Waals surface area contributed by atoms with E-state index in [1.807, 2.05) is 4.90 Å². The van der Waals surface area contributed by atoms with Crippen molar-refractivity contribution in [2.75, 3.05) is 43.6 Å². The van der Waals surface area contributed by atoms with E-state index in [2.05, 4.69) is 17.2 Å². The van der Waals surface area contributed by atoms with Gasteiger partial charge in [0.2, 0.25) is 5.91 Å². The number of carbonyl (C=O) groups excluding carboxylic acids is 2. The fourth-order valence-corrected chi connectivity index (χ4v) is 3.27. The van der Waals surface area contributed by atoms with Crippen molar-refractivity contribution in [1.29, 1.82) is 0 Å². The molecule has 2 N–H and O–H groups in total. The highest BCUT2D eigenvalue weighted by Crippen LogP contribution is 2.31. The van der Waals surface area contributed by atoms with Crippen LogP contribution in [0.2, 0.25) is 5.02 Å². The first-order valence-corrected chi connectivity index (χ1v) is 9.44. The third-order valence-electron chi connectivity index (χ3n) is 4.37. The van der Waals surface area contributed by atoms with E-state index >= 15 is 0 Å². The zero-order valence-electron chi connectivity index (χ0n) is 16.0. The second kappa shape index (κ2) is 9.34. The van der Waals surface area contributed by atoms with Gasteiger partial charge in [-0.05, 0) is 36.4 Å². The lowest BCUT2D eigenvalue weighted by atomic mass is 10.1. The first-order chi connectivity index (χ1) is 14.0. The first kappa shape index (κ1) is 20.5. The number of hydrogen-bond donors (Lipinski definition) is 2. The van der Waals surface area contributed by atoms with Gasteiger partial charge < -0.3 is 25.0 Å². The average molecular weight is 416 g/mol. The zero-order valence-corrected chi connectivity index (χ0v) is 16.8. The maximum Gasteiger partial charge on any atom is 0.255 e. The number of hydrogen-bond acceptors (Lipinski definition) is 5. The molecule has 7 nitrogen and oxygen atoms in total. The van der Waals surface area contributed by atoms with E-state index in [0.29, 0.717) is 47.5 Å². The van der Waals surface area contributed by atoms with Gasteiger partial charge in [0, 0.05) is 24.3 Å². The molecule has 1 aliphatic heterocycles. The van der Waals surface area contributed by atoms with E-state index in [9.17, 15) is 9.59 Å². The average Bonchev–Trinajstić information content (AvgIpc) is 2.72. The van der Waals surface area contributed by atoms with Crippen molar-refractivity contribution in [2.24, 2.45) is 0 Å². The van der Waals surface area contributed by atoms with Gasteiger partial charge in [0.1, 0.15) is 6.61 Å². The number of amides is 2. The summed E-state index contributed by atoms with van der Waals surface area (Å²) < 4.78 is 10.8. The van der Waals surface area contributed by atoms with Crippen LogP contribution in [0.25, 0.3) is 0 Å². The van der Waals surface area contributed by atoms with E-state index < -0.39 is 0 Å². The molecule has 1 aliphatic rings. The molecule has 0 radical (unpaired) electrons. The van der Waals surface area contributed by atoms with Crippen molar-refractivity contribution in [3.05, 3.63) is 59.6 Å². The minimum atomic E-state index is -0.306. The van der Waals surface area contributed by atoms with Crippen LogP contribution < -0.4 is 25.0 Å². The fourth-order valence-electron chi connectivity index (χ4n) is 2.97. The number of methoxy groups -OCH3 is 1. The van der Waals surface area contributed by atoms with Crippen LogP contribution in [0.5, 0.6) is 11.5 Å². The van der Waals surface area contributed by atoms with E-state index in [1.165, 1.54) is 7.11 Å². The molecule has 152 valence electrons. The highest BCUT2D eigenvalue weighted by Gasteiger charge is 2.19. The number of benzene rings is 2. The Morgan fingerprint density at radius 1 is 1.31 bits per heavy atom. The Balaban J connectivity index is 1.72. The van der Waals surface area contributed by atoms with Gasteiger partial charge >= 0.3 is 0 Å². The maximum atomic E-state index is 12.6. The molecule has 2 aromatic rings. The lowest BCUT2D eigenvalue weighted by Gasteiger charge is -2.29. The first-order valence-electron chi connectivity index (χ1n) is 9.06. The maximum absolute atomic E-state index is 12.6. The van der Waals surface area contributed by atoms with Gasteiger partial charge in [-0.15, -0.1) is 0 Å². The summed E-state index contributed by atoms with van der Waals surface area (Å²) in [6.07, 6.45) is 1.63. The number of carbonyl (C=O) groups is 2.